The third kappa shape index (κ3) is 5.27. The fraction of sp³-hybridized carbons (Fsp3) is 0.739. The van der Waals surface area contributed by atoms with Crippen LogP contribution in [-0.2, 0) is 22.5 Å². The van der Waals surface area contributed by atoms with E-state index in [0.29, 0.717) is 31.6 Å². The molecule has 0 aliphatic heterocycles. The third-order valence-corrected chi connectivity index (χ3v) is 8.10. The minimum absolute atomic E-state index is 0.185. The number of halogens is 1. The molecule has 0 bridgehead atoms. The largest absolute Gasteiger partial charge is 0.598 e. The number of hydrogen-bond acceptors (Lipinski definition) is 4. The van der Waals surface area contributed by atoms with Gasteiger partial charge in [0.15, 0.2) is 0 Å². The summed E-state index contributed by atoms with van der Waals surface area (Å²) in [5.74, 6) is 1.10. The monoisotopic (exact) mass is 425 g/mol. The predicted molar refractivity (Wildman–Crippen MR) is 117 cm³/mol. The number of hydrogen-bond donors (Lipinski definition) is 1. The topological polar surface area (TPSA) is 53.5 Å². The van der Waals surface area contributed by atoms with Crippen LogP contribution in [0.25, 0.3) is 0 Å². The molecule has 2 aliphatic rings. The molecule has 0 saturated heterocycles. The van der Waals surface area contributed by atoms with E-state index in [4.69, 9.17) is 9.47 Å². The zero-order chi connectivity index (χ0) is 21.1. The molecule has 2 unspecified atom stereocenters. The summed E-state index contributed by atoms with van der Waals surface area (Å²) in [6.45, 7) is 6.72. The van der Waals surface area contributed by atoms with Crippen molar-refractivity contribution in [1.29, 1.82) is 0 Å². The Kier molecular flexibility index (Phi) is 7.52. The van der Waals surface area contributed by atoms with Gasteiger partial charge in [-0.15, -0.1) is 4.72 Å². The minimum atomic E-state index is -1.10. The molecule has 1 aromatic rings. The molecule has 1 saturated carbocycles. The van der Waals surface area contributed by atoms with Gasteiger partial charge in [0.1, 0.15) is 10.5 Å². The van der Waals surface area contributed by atoms with Gasteiger partial charge in [0.25, 0.3) is 0 Å². The average Bonchev–Trinajstić information content (AvgIpc) is 2.98. The van der Waals surface area contributed by atoms with Crippen molar-refractivity contribution in [2.45, 2.75) is 76.1 Å². The van der Waals surface area contributed by atoms with Crippen molar-refractivity contribution in [3.63, 3.8) is 0 Å². The van der Waals surface area contributed by atoms with Crippen LogP contribution in [0.1, 0.15) is 69.9 Å². The van der Waals surface area contributed by atoms with Gasteiger partial charge in [-0.3, -0.25) is 4.39 Å². The molecular formula is C23H36FNO3S. The number of benzene rings is 1. The van der Waals surface area contributed by atoms with Gasteiger partial charge < -0.3 is 14.0 Å². The summed E-state index contributed by atoms with van der Waals surface area (Å²) in [6, 6.07) is 6.32. The summed E-state index contributed by atoms with van der Waals surface area (Å²) in [5.41, 5.74) is 2.85. The maximum Gasteiger partial charge on any atom is 0.136 e. The Bertz CT molecular complexity index is 671. The Morgan fingerprint density at radius 3 is 2.62 bits per heavy atom. The SMILES string of the molecule is COC1CCC2(CC1)Cc1ccc(OCCCF)cc1C2CN[S+]([O-])C(C)(C)C. The Labute approximate surface area is 178 Å². The standard InChI is InChI=1S/C23H36FNO3S/c1-22(2,3)29(26)25-16-21-20-14-19(28-13-5-12-24)7-6-17(20)15-23(21)10-8-18(27-4)9-11-23/h6-7,14,18,21,25H,5,8-13,15-16H2,1-4H3. The van der Waals surface area contributed by atoms with Crippen molar-refractivity contribution in [2.75, 3.05) is 26.9 Å². The summed E-state index contributed by atoms with van der Waals surface area (Å²) in [7, 11) is 1.80. The number of alkyl halides is 1. The van der Waals surface area contributed by atoms with Gasteiger partial charge in [-0.1, -0.05) is 6.07 Å². The number of rotatable bonds is 8. The van der Waals surface area contributed by atoms with Crippen LogP contribution >= 0.6 is 0 Å². The first-order valence-corrected chi connectivity index (χ1v) is 11.9. The van der Waals surface area contributed by atoms with Gasteiger partial charge in [-0.2, -0.15) is 0 Å². The van der Waals surface area contributed by atoms with Crippen molar-refractivity contribution in [3.8, 4) is 5.75 Å². The highest BCUT2D eigenvalue weighted by Crippen LogP contribution is 2.55. The molecular weight excluding hydrogens is 389 g/mol. The van der Waals surface area contributed by atoms with Crippen LogP contribution in [0.5, 0.6) is 5.75 Å². The van der Waals surface area contributed by atoms with Crippen molar-refractivity contribution in [1.82, 2.24) is 4.72 Å². The van der Waals surface area contributed by atoms with Crippen molar-refractivity contribution in [3.05, 3.63) is 29.3 Å². The molecule has 1 N–H and O–H groups in total. The summed E-state index contributed by atoms with van der Waals surface area (Å²) in [4.78, 5) is 0. The van der Waals surface area contributed by atoms with Crippen molar-refractivity contribution < 1.29 is 18.4 Å². The lowest BCUT2D eigenvalue weighted by Crippen LogP contribution is -2.44. The number of fused-ring (bicyclic) bond motifs is 1. The van der Waals surface area contributed by atoms with Gasteiger partial charge in [0.2, 0.25) is 0 Å². The molecule has 0 aromatic heterocycles. The van der Waals surface area contributed by atoms with E-state index >= 15 is 0 Å². The summed E-state index contributed by atoms with van der Waals surface area (Å²) in [5, 5.41) is 0. The average molecular weight is 426 g/mol. The van der Waals surface area contributed by atoms with E-state index in [-0.39, 0.29) is 16.8 Å². The Morgan fingerprint density at radius 1 is 1.28 bits per heavy atom. The highest BCUT2D eigenvalue weighted by Gasteiger charge is 2.48. The van der Waals surface area contributed by atoms with E-state index in [9.17, 15) is 8.94 Å². The predicted octanol–water partition coefficient (Wildman–Crippen LogP) is 4.69. The zero-order valence-electron chi connectivity index (χ0n) is 18.3. The lowest BCUT2D eigenvalue weighted by molar-refractivity contribution is 0.0206. The molecule has 0 heterocycles. The second-order valence-corrected chi connectivity index (χ2v) is 11.6. The molecule has 4 nitrogen and oxygen atoms in total. The molecule has 3 rings (SSSR count). The van der Waals surface area contributed by atoms with Gasteiger partial charge in [0, 0.05) is 37.4 Å². The Morgan fingerprint density at radius 2 is 2.00 bits per heavy atom. The van der Waals surface area contributed by atoms with Crippen LogP contribution in [0.3, 0.4) is 0 Å². The highest BCUT2D eigenvalue weighted by molar-refractivity contribution is 7.90. The molecule has 1 fully saturated rings. The molecule has 6 heteroatoms. The highest BCUT2D eigenvalue weighted by atomic mass is 32.2. The van der Waals surface area contributed by atoms with Crippen LogP contribution < -0.4 is 9.46 Å². The van der Waals surface area contributed by atoms with Crippen molar-refractivity contribution >= 4 is 11.4 Å². The van der Waals surface area contributed by atoms with Crippen LogP contribution in [0.2, 0.25) is 0 Å². The van der Waals surface area contributed by atoms with Gasteiger partial charge >= 0.3 is 0 Å². The lowest BCUT2D eigenvalue weighted by atomic mass is 9.65. The van der Waals surface area contributed by atoms with Crippen LogP contribution in [0.4, 0.5) is 4.39 Å². The smallest absolute Gasteiger partial charge is 0.136 e. The van der Waals surface area contributed by atoms with E-state index in [1.807, 2.05) is 26.8 Å². The number of methoxy groups -OCH3 is 1. The maximum absolute atomic E-state index is 12.7. The van der Waals surface area contributed by atoms with Crippen molar-refractivity contribution in [2.24, 2.45) is 5.41 Å². The molecule has 1 aromatic carbocycles. The Hall–Kier alpha value is -0.820. The zero-order valence-corrected chi connectivity index (χ0v) is 19.1. The second-order valence-electron chi connectivity index (χ2n) is 9.51. The molecule has 0 amide bonds. The van der Waals surface area contributed by atoms with E-state index in [2.05, 4.69) is 16.9 Å². The molecule has 164 valence electrons. The van der Waals surface area contributed by atoms with Gasteiger partial charge in [0.05, 0.1) is 19.4 Å². The van der Waals surface area contributed by atoms with E-state index < -0.39 is 11.4 Å². The summed E-state index contributed by atoms with van der Waals surface area (Å²) >= 11 is -1.10. The number of ether oxygens (including phenoxy) is 2. The first-order chi connectivity index (χ1) is 13.8. The summed E-state index contributed by atoms with van der Waals surface area (Å²) in [6.07, 6.45) is 6.19. The molecule has 2 atom stereocenters. The Balaban J connectivity index is 1.81. The fourth-order valence-electron chi connectivity index (χ4n) is 4.85. The van der Waals surface area contributed by atoms with E-state index in [1.165, 1.54) is 11.1 Å². The number of nitrogens with one attached hydrogen (secondary N) is 1. The molecule has 29 heavy (non-hydrogen) atoms. The first-order valence-electron chi connectivity index (χ1n) is 10.8. The minimum Gasteiger partial charge on any atom is -0.598 e. The normalized spacial score (nSPS) is 27.8. The van der Waals surface area contributed by atoms with Gasteiger partial charge in [-0.25, -0.2) is 0 Å². The van der Waals surface area contributed by atoms with Crippen LogP contribution in [0, 0.1) is 5.41 Å². The van der Waals surface area contributed by atoms with Crippen LogP contribution in [-0.4, -0.2) is 42.3 Å². The quantitative estimate of drug-likeness (QED) is 0.485. The first kappa shape index (κ1) is 22.9. The molecule has 1 spiro atoms. The van der Waals surface area contributed by atoms with Gasteiger partial charge in [-0.05, 0) is 81.5 Å². The van der Waals surface area contributed by atoms with E-state index in [0.717, 1.165) is 37.9 Å². The second kappa shape index (κ2) is 9.54. The lowest BCUT2D eigenvalue weighted by Gasteiger charge is -2.42. The van der Waals surface area contributed by atoms with E-state index in [1.54, 1.807) is 7.11 Å². The fourth-order valence-corrected chi connectivity index (χ4v) is 5.61. The van der Waals surface area contributed by atoms with Crippen LogP contribution in [0.15, 0.2) is 18.2 Å². The molecule has 0 radical (unpaired) electrons. The third-order valence-electron chi connectivity index (χ3n) is 6.56. The molecule has 2 aliphatic carbocycles. The maximum atomic E-state index is 12.7. The summed E-state index contributed by atoms with van der Waals surface area (Å²) < 4.78 is 39.5.